The Balaban J connectivity index is 1.76. The van der Waals surface area contributed by atoms with E-state index in [2.05, 4.69) is 5.32 Å². The van der Waals surface area contributed by atoms with Crippen molar-refractivity contribution in [3.63, 3.8) is 0 Å². The molecule has 1 aromatic heterocycles. The zero-order valence-corrected chi connectivity index (χ0v) is 14.1. The highest BCUT2D eigenvalue weighted by Gasteiger charge is 2.33. The Bertz CT molecular complexity index is 940. The molecule has 1 aliphatic rings. The largest absolute Gasteiger partial charge is 0.494 e. The summed E-state index contributed by atoms with van der Waals surface area (Å²) in [5.74, 6) is 0.195. The number of nitrogens with zero attached hydrogens (tertiary/aromatic N) is 1. The van der Waals surface area contributed by atoms with Gasteiger partial charge >= 0.3 is 0 Å². The standard InChI is InChI=1S/C20H17FN2O3/c1-25-18-9-8-13(11-16(18)21)19-22-17-7-3-2-6-15(17)20(24)23(19)12-14-5-4-10-26-14/h2-11,19,22H,12H2,1H3/t19-/m1/s1. The van der Waals surface area contributed by atoms with Crippen molar-refractivity contribution in [3.8, 4) is 5.75 Å². The predicted molar refractivity (Wildman–Crippen MR) is 94.3 cm³/mol. The molecule has 0 radical (unpaired) electrons. The molecule has 5 nitrogen and oxygen atoms in total. The van der Waals surface area contributed by atoms with Crippen molar-refractivity contribution in [2.24, 2.45) is 0 Å². The Morgan fingerprint density at radius 2 is 2.04 bits per heavy atom. The third-order valence-corrected chi connectivity index (χ3v) is 4.42. The molecule has 6 heteroatoms. The van der Waals surface area contributed by atoms with E-state index < -0.39 is 12.0 Å². The molecule has 0 spiro atoms. The maximum Gasteiger partial charge on any atom is 0.258 e. The molecule has 1 atom stereocenters. The molecule has 0 saturated carbocycles. The van der Waals surface area contributed by atoms with Crippen LogP contribution in [-0.2, 0) is 6.54 Å². The summed E-state index contributed by atoms with van der Waals surface area (Å²) in [5.41, 5.74) is 1.91. The molecule has 26 heavy (non-hydrogen) atoms. The first-order valence-electron chi connectivity index (χ1n) is 8.19. The Morgan fingerprint density at radius 3 is 2.77 bits per heavy atom. The number of benzene rings is 2. The molecule has 0 unspecified atom stereocenters. The van der Waals surface area contributed by atoms with Crippen molar-refractivity contribution in [2.45, 2.75) is 12.7 Å². The monoisotopic (exact) mass is 352 g/mol. The highest BCUT2D eigenvalue weighted by atomic mass is 19.1. The average Bonchev–Trinajstić information content (AvgIpc) is 3.17. The summed E-state index contributed by atoms with van der Waals surface area (Å²) in [6.07, 6.45) is 1.04. The number of carbonyl (C=O) groups excluding carboxylic acids is 1. The smallest absolute Gasteiger partial charge is 0.258 e. The number of methoxy groups -OCH3 is 1. The van der Waals surface area contributed by atoms with E-state index in [0.717, 1.165) is 5.69 Å². The van der Waals surface area contributed by atoms with Gasteiger partial charge in [-0.15, -0.1) is 0 Å². The van der Waals surface area contributed by atoms with E-state index in [1.165, 1.54) is 13.2 Å². The number of carbonyl (C=O) groups is 1. The normalized spacial score (nSPS) is 16.2. The van der Waals surface area contributed by atoms with Gasteiger partial charge in [-0.1, -0.05) is 18.2 Å². The average molecular weight is 352 g/mol. The van der Waals surface area contributed by atoms with Crippen LogP contribution in [0.5, 0.6) is 5.75 Å². The third kappa shape index (κ3) is 2.79. The van der Waals surface area contributed by atoms with Crippen LogP contribution in [0.4, 0.5) is 10.1 Å². The van der Waals surface area contributed by atoms with E-state index >= 15 is 0 Å². The number of halogens is 1. The van der Waals surface area contributed by atoms with E-state index in [9.17, 15) is 9.18 Å². The number of ether oxygens (including phenoxy) is 1. The van der Waals surface area contributed by atoms with E-state index in [-0.39, 0.29) is 18.2 Å². The number of hydrogen-bond donors (Lipinski definition) is 1. The predicted octanol–water partition coefficient (Wildman–Crippen LogP) is 4.19. The van der Waals surface area contributed by atoms with Crippen molar-refractivity contribution in [2.75, 3.05) is 12.4 Å². The summed E-state index contributed by atoms with van der Waals surface area (Å²) >= 11 is 0. The number of rotatable bonds is 4. The molecule has 2 aromatic carbocycles. The summed E-state index contributed by atoms with van der Waals surface area (Å²) in [6, 6.07) is 15.5. The number of furan rings is 1. The highest BCUT2D eigenvalue weighted by molar-refractivity contribution is 6.01. The molecule has 2 heterocycles. The van der Waals surface area contributed by atoms with Gasteiger partial charge < -0.3 is 19.4 Å². The van der Waals surface area contributed by atoms with Gasteiger partial charge in [0.1, 0.15) is 11.9 Å². The van der Waals surface area contributed by atoms with Crippen LogP contribution in [0.15, 0.2) is 65.3 Å². The fourth-order valence-electron chi connectivity index (χ4n) is 3.14. The number of anilines is 1. The van der Waals surface area contributed by atoms with E-state index in [0.29, 0.717) is 16.9 Å². The summed E-state index contributed by atoms with van der Waals surface area (Å²) in [5, 5.41) is 3.33. The van der Waals surface area contributed by atoms with Crippen LogP contribution in [0.1, 0.15) is 27.8 Å². The molecule has 3 aromatic rings. The van der Waals surface area contributed by atoms with Crippen molar-refractivity contribution in [3.05, 3.63) is 83.6 Å². The first-order valence-corrected chi connectivity index (χ1v) is 8.19. The minimum Gasteiger partial charge on any atom is -0.494 e. The molecule has 1 aliphatic heterocycles. The molecule has 0 bridgehead atoms. The second kappa shape index (κ2) is 6.55. The number of fused-ring (bicyclic) bond motifs is 1. The lowest BCUT2D eigenvalue weighted by Crippen LogP contribution is -2.42. The van der Waals surface area contributed by atoms with Gasteiger partial charge in [0.05, 0.1) is 25.5 Å². The summed E-state index contributed by atoms with van der Waals surface area (Å²) in [6.45, 7) is 0.269. The van der Waals surface area contributed by atoms with Gasteiger partial charge in [-0.3, -0.25) is 4.79 Å². The molecule has 1 amide bonds. The van der Waals surface area contributed by atoms with E-state index in [1.807, 2.05) is 18.2 Å². The fourth-order valence-corrected chi connectivity index (χ4v) is 3.14. The Hall–Kier alpha value is -3.28. The van der Waals surface area contributed by atoms with Crippen molar-refractivity contribution >= 4 is 11.6 Å². The molecule has 0 aliphatic carbocycles. The lowest BCUT2D eigenvalue weighted by atomic mass is 10.0. The van der Waals surface area contributed by atoms with E-state index in [1.54, 1.807) is 41.5 Å². The molecule has 0 fully saturated rings. The second-order valence-corrected chi connectivity index (χ2v) is 6.00. The van der Waals surface area contributed by atoms with Gasteiger partial charge in [0.25, 0.3) is 5.91 Å². The Morgan fingerprint density at radius 1 is 1.19 bits per heavy atom. The summed E-state index contributed by atoms with van der Waals surface area (Å²) in [4.78, 5) is 14.7. The van der Waals surface area contributed by atoms with Crippen LogP contribution in [0.3, 0.4) is 0 Å². The number of amides is 1. The molecule has 4 rings (SSSR count). The van der Waals surface area contributed by atoms with Crippen LogP contribution in [-0.4, -0.2) is 17.9 Å². The van der Waals surface area contributed by atoms with Gasteiger partial charge in [0.15, 0.2) is 11.6 Å². The van der Waals surface area contributed by atoms with Crippen LogP contribution >= 0.6 is 0 Å². The minimum atomic E-state index is -0.525. The molecule has 1 N–H and O–H groups in total. The SMILES string of the molecule is COc1ccc([C@@H]2Nc3ccccc3C(=O)N2Cc2ccco2)cc1F. The van der Waals surface area contributed by atoms with Gasteiger partial charge in [0, 0.05) is 5.69 Å². The van der Waals surface area contributed by atoms with Gasteiger partial charge in [0.2, 0.25) is 0 Å². The maximum absolute atomic E-state index is 14.2. The van der Waals surface area contributed by atoms with E-state index in [4.69, 9.17) is 9.15 Å². The first-order chi connectivity index (χ1) is 12.7. The zero-order valence-electron chi connectivity index (χ0n) is 14.1. The Labute approximate surface area is 150 Å². The third-order valence-electron chi connectivity index (χ3n) is 4.42. The van der Waals surface area contributed by atoms with Gasteiger partial charge in [-0.25, -0.2) is 4.39 Å². The number of nitrogens with one attached hydrogen (secondary N) is 1. The topological polar surface area (TPSA) is 54.7 Å². The van der Waals surface area contributed by atoms with Crippen LogP contribution < -0.4 is 10.1 Å². The van der Waals surface area contributed by atoms with Crippen molar-refractivity contribution in [1.29, 1.82) is 0 Å². The molecular formula is C20H17FN2O3. The van der Waals surface area contributed by atoms with Crippen molar-refractivity contribution in [1.82, 2.24) is 4.90 Å². The molecular weight excluding hydrogens is 335 g/mol. The molecule has 132 valence electrons. The minimum absolute atomic E-state index is 0.142. The van der Waals surface area contributed by atoms with Crippen LogP contribution in [0.2, 0.25) is 0 Å². The van der Waals surface area contributed by atoms with Crippen molar-refractivity contribution < 1.29 is 18.3 Å². The lowest BCUT2D eigenvalue weighted by molar-refractivity contribution is 0.0651. The quantitative estimate of drug-likeness (QED) is 0.765. The highest BCUT2D eigenvalue weighted by Crippen LogP contribution is 2.35. The summed E-state index contributed by atoms with van der Waals surface area (Å²) < 4.78 is 24.6. The summed E-state index contributed by atoms with van der Waals surface area (Å²) in [7, 11) is 1.42. The Kier molecular flexibility index (Phi) is 4.08. The molecule has 0 saturated heterocycles. The lowest BCUT2D eigenvalue weighted by Gasteiger charge is -2.37. The number of para-hydroxylation sites is 1. The first kappa shape index (κ1) is 16.2. The second-order valence-electron chi connectivity index (χ2n) is 6.00. The van der Waals surface area contributed by atoms with Gasteiger partial charge in [-0.05, 0) is 42.0 Å². The maximum atomic E-state index is 14.2. The fraction of sp³-hybridized carbons (Fsp3) is 0.150. The van der Waals surface area contributed by atoms with Gasteiger partial charge in [-0.2, -0.15) is 0 Å². The van der Waals surface area contributed by atoms with Crippen LogP contribution in [0.25, 0.3) is 0 Å². The number of hydrogen-bond acceptors (Lipinski definition) is 4. The zero-order chi connectivity index (χ0) is 18.1. The van der Waals surface area contributed by atoms with Crippen LogP contribution in [0, 0.1) is 5.82 Å².